The third-order valence-electron chi connectivity index (χ3n) is 4.67. The van der Waals surface area contributed by atoms with Crippen LogP contribution in [0.4, 0.5) is 0 Å². The molecule has 0 fully saturated rings. The van der Waals surface area contributed by atoms with Crippen molar-refractivity contribution in [3.63, 3.8) is 0 Å². The van der Waals surface area contributed by atoms with Crippen molar-refractivity contribution in [2.45, 2.75) is 30.8 Å². The number of thioether (sulfide) groups is 1. The smallest absolute Gasteiger partial charge is 0.0545 e. The molecular weight excluding hydrogens is 300 g/mol. The quantitative estimate of drug-likeness (QED) is 0.368. The molecule has 0 aliphatic carbocycles. The van der Waals surface area contributed by atoms with E-state index in [0.29, 0.717) is 0 Å². The Kier molecular flexibility index (Phi) is 3.88. The van der Waals surface area contributed by atoms with Crippen LogP contribution in [-0.2, 0) is 0 Å². The van der Waals surface area contributed by atoms with Crippen LogP contribution in [0.3, 0.4) is 0 Å². The minimum absolute atomic E-state index is 0.178. The van der Waals surface area contributed by atoms with Crippen molar-refractivity contribution in [2.75, 3.05) is 5.75 Å². The maximum Gasteiger partial charge on any atom is 0.0545 e. The number of rotatable bonds is 5. The minimum Gasteiger partial charge on any atom is -0.393 e. The highest BCUT2D eigenvalue weighted by Crippen LogP contribution is 2.38. The highest BCUT2D eigenvalue weighted by Gasteiger charge is 2.11. The first-order chi connectivity index (χ1) is 11.3. The van der Waals surface area contributed by atoms with Gasteiger partial charge in [0.25, 0.3) is 0 Å². The van der Waals surface area contributed by atoms with Crippen molar-refractivity contribution in [2.24, 2.45) is 0 Å². The Morgan fingerprint density at radius 2 is 1.52 bits per heavy atom. The van der Waals surface area contributed by atoms with Crippen LogP contribution in [0.25, 0.3) is 32.3 Å². The molecule has 0 amide bonds. The Morgan fingerprint density at radius 1 is 0.870 bits per heavy atom. The SMILES string of the molecule is CCC(O)CCSc1ccc2ccc3cccc4ccc1c2c34. The largest absolute Gasteiger partial charge is 0.393 e. The molecule has 23 heavy (non-hydrogen) atoms. The van der Waals surface area contributed by atoms with E-state index in [1.807, 2.05) is 18.7 Å². The van der Waals surface area contributed by atoms with Crippen LogP contribution in [0.1, 0.15) is 19.8 Å². The second-order valence-corrected chi connectivity index (χ2v) is 7.26. The van der Waals surface area contributed by atoms with Gasteiger partial charge < -0.3 is 5.11 Å². The van der Waals surface area contributed by atoms with Crippen molar-refractivity contribution in [3.05, 3.63) is 54.6 Å². The van der Waals surface area contributed by atoms with Crippen LogP contribution < -0.4 is 0 Å². The van der Waals surface area contributed by atoms with Crippen molar-refractivity contribution in [1.82, 2.24) is 0 Å². The molecule has 2 heteroatoms. The summed E-state index contributed by atoms with van der Waals surface area (Å²) in [6, 6.07) is 19.9. The molecule has 4 aromatic rings. The third-order valence-corrected chi connectivity index (χ3v) is 5.78. The van der Waals surface area contributed by atoms with Gasteiger partial charge in [0, 0.05) is 10.6 Å². The second-order valence-electron chi connectivity index (χ2n) is 6.12. The van der Waals surface area contributed by atoms with Crippen molar-refractivity contribution in [1.29, 1.82) is 0 Å². The van der Waals surface area contributed by atoms with Crippen LogP contribution in [0.5, 0.6) is 0 Å². The van der Waals surface area contributed by atoms with Gasteiger partial charge >= 0.3 is 0 Å². The zero-order valence-electron chi connectivity index (χ0n) is 13.3. The monoisotopic (exact) mass is 320 g/mol. The molecule has 4 rings (SSSR count). The number of aliphatic hydroxyl groups excluding tert-OH is 1. The number of hydrogen-bond acceptors (Lipinski definition) is 2. The second kappa shape index (κ2) is 6.03. The van der Waals surface area contributed by atoms with Gasteiger partial charge in [-0.2, -0.15) is 0 Å². The van der Waals surface area contributed by atoms with E-state index in [0.717, 1.165) is 18.6 Å². The zero-order valence-corrected chi connectivity index (χ0v) is 14.1. The van der Waals surface area contributed by atoms with Gasteiger partial charge in [0.2, 0.25) is 0 Å². The van der Waals surface area contributed by atoms with E-state index in [-0.39, 0.29) is 6.10 Å². The summed E-state index contributed by atoms with van der Waals surface area (Å²) in [7, 11) is 0. The summed E-state index contributed by atoms with van der Waals surface area (Å²) in [5.41, 5.74) is 0. The van der Waals surface area contributed by atoms with Crippen LogP contribution in [0.2, 0.25) is 0 Å². The molecular formula is C21H20OS. The number of benzene rings is 4. The zero-order chi connectivity index (χ0) is 15.8. The van der Waals surface area contributed by atoms with Crippen molar-refractivity contribution < 1.29 is 5.11 Å². The average molecular weight is 320 g/mol. The summed E-state index contributed by atoms with van der Waals surface area (Å²) in [6.07, 6.45) is 1.50. The third kappa shape index (κ3) is 2.56. The van der Waals surface area contributed by atoms with Gasteiger partial charge in [-0.15, -0.1) is 11.8 Å². The fraction of sp³-hybridized carbons (Fsp3) is 0.238. The maximum atomic E-state index is 9.76. The lowest BCUT2D eigenvalue weighted by Gasteiger charge is -2.14. The van der Waals surface area contributed by atoms with Crippen LogP contribution >= 0.6 is 11.8 Å². The minimum atomic E-state index is -0.178. The van der Waals surface area contributed by atoms with Crippen molar-refractivity contribution >= 4 is 44.1 Å². The first-order valence-corrected chi connectivity index (χ1v) is 9.24. The molecule has 0 saturated heterocycles. The Bertz CT molecular complexity index is 944. The molecule has 0 radical (unpaired) electrons. The summed E-state index contributed by atoms with van der Waals surface area (Å²) in [6.45, 7) is 2.03. The predicted octanol–water partition coefficient (Wildman–Crippen LogP) is 5.84. The lowest BCUT2D eigenvalue weighted by atomic mass is 9.94. The molecule has 0 heterocycles. The van der Waals surface area contributed by atoms with E-state index < -0.39 is 0 Å². The first-order valence-electron chi connectivity index (χ1n) is 8.25. The van der Waals surface area contributed by atoms with Gasteiger partial charge in [-0.25, -0.2) is 0 Å². The van der Waals surface area contributed by atoms with Crippen LogP contribution in [0, 0.1) is 0 Å². The Morgan fingerprint density at radius 3 is 2.26 bits per heavy atom. The highest BCUT2D eigenvalue weighted by molar-refractivity contribution is 7.99. The molecule has 1 nitrogen and oxygen atoms in total. The summed E-state index contributed by atoms with van der Waals surface area (Å²) in [5.74, 6) is 0.957. The van der Waals surface area contributed by atoms with Gasteiger partial charge in [-0.3, -0.25) is 0 Å². The molecule has 116 valence electrons. The van der Waals surface area contributed by atoms with Gasteiger partial charge in [0.1, 0.15) is 0 Å². The Hall–Kier alpha value is -1.77. The molecule has 1 unspecified atom stereocenters. The lowest BCUT2D eigenvalue weighted by Crippen LogP contribution is -2.04. The standard InChI is InChI=1S/C21H20OS/c1-2-17(22)12-13-23-19-11-9-16-7-6-14-4-3-5-15-8-10-18(19)21(16)20(14)15/h3-11,17,22H,2,12-13H2,1H3. The molecule has 0 aromatic heterocycles. The predicted molar refractivity (Wildman–Crippen MR) is 102 cm³/mol. The summed E-state index contributed by atoms with van der Waals surface area (Å²) >= 11 is 1.86. The summed E-state index contributed by atoms with van der Waals surface area (Å²) in [4.78, 5) is 1.32. The fourth-order valence-electron chi connectivity index (χ4n) is 3.34. The van der Waals surface area contributed by atoms with E-state index >= 15 is 0 Å². The average Bonchev–Trinajstić information content (AvgIpc) is 2.60. The van der Waals surface area contributed by atoms with E-state index in [1.54, 1.807) is 0 Å². The molecule has 0 aliphatic heterocycles. The molecule has 0 saturated carbocycles. The number of hydrogen-bond donors (Lipinski definition) is 1. The number of aliphatic hydroxyl groups is 1. The molecule has 0 bridgehead atoms. The molecule has 1 N–H and O–H groups in total. The van der Waals surface area contributed by atoms with Gasteiger partial charge in [0.05, 0.1) is 6.10 Å². The van der Waals surface area contributed by atoms with Gasteiger partial charge in [-0.1, -0.05) is 55.5 Å². The summed E-state index contributed by atoms with van der Waals surface area (Å²) in [5, 5.41) is 17.8. The van der Waals surface area contributed by atoms with E-state index in [4.69, 9.17) is 0 Å². The van der Waals surface area contributed by atoms with Crippen LogP contribution in [-0.4, -0.2) is 17.0 Å². The molecule has 0 spiro atoms. The van der Waals surface area contributed by atoms with Crippen LogP contribution in [0.15, 0.2) is 59.5 Å². The van der Waals surface area contributed by atoms with Crippen molar-refractivity contribution in [3.8, 4) is 0 Å². The van der Waals surface area contributed by atoms with E-state index in [1.165, 1.54) is 37.2 Å². The van der Waals surface area contributed by atoms with E-state index in [9.17, 15) is 5.11 Å². The molecule has 0 aliphatic rings. The molecule has 1 atom stereocenters. The highest BCUT2D eigenvalue weighted by atomic mass is 32.2. The topological polar surface area (TPSA) is 20.2 Å². The Labute approximate surface area is 140 Å². The van der Waals surface area contributed by atoms with Gasteiger partial charge in [0.15, 0.2) is 0 Å². The normalized spacial score (nSPS) is 13.3. The summed E-state index contributed by atoms with van der Waals surface area (Å²) < 4.78 is 0. The lowest BCUT2D eigenvalue weighted by molar-refractivity contribution is 0.167. The maximum absolute atomic E-state index is 9.76. The van der Waals surface area contributed by atoms with E-state index in [2.05, 4.69) is 54.6 Å². The van der Waals surface area contributed by atoms with Gasteiger partial charge in [-0.05, 0) is 51.2 Å². The first kappa shape index (κ1) is 14.8. The fourth-order valence-corrected chi connectivity index (χ4v) is 4.44. The molecule has 4 aromatic carbocycles. The Balaban J connectivity index is 1.83.